The lowest BCUT2D eigenvalue weighted by Crippen LogP contribution is -2.16. The third-order valence-corrected chi connectivity index (χ3v) is 2.95. The average molecular weight is 233 g/mol. The smallest absolute Gasteiger partial charge is 0.181 e. The van der Waals surface area contributed by atoms with E-state index in [4.69, 9.17) is 0 Å². The molecule has 1 aliphatic heterocycles. The first-order valence-electron chi connectivity index (χ1n) is 5.63. The Hall–Kier alpha value is -1.75. The SMILES string of the molecule is OC1CCCn2nc(-c3ccc(F)cc3)nc21. The third kappa shape index (κ3) is 1.82. The van der Waals surface area contributed by atoms with Crippen LogP contribution in [0.2, 0.25) is 0 Å². The van der Waals surface area contributed by atoms with Crippen molar-refractivity contribution in [3.05, 3.63) is 35.9 Å². The fraction of sp³-hybridized carbons (Fsp3) is 0.333. The first-order valence-corrected chi connectivity index (χ1v) is 5.63. The summed E-state index contributed by atoms with van der Waals surface area (Å²) in [6.07, 6.45) is 1.09. The van der Waals surface area contributed by atoms with E-state index in [1.165, 1.54) is 12.1 Å². The van der Waals surface area contributed by atoms with Crippen LogP contribution in [0.25, 0.3) is 11.4 Å². The zero-order chi connectivity index (χ0) is 11.8. The van der Waals surface area contributed by atoms with E-state index < -0.39 is 6.10 Å². The van der Waals surface area contributed by atoms with E-state index in [1.807, 2.05) is 0 Å². The minimum atomic E-state index is -0.537. The quantitative estimate of drug-likeness (QED) is 0.818. The normalized spacial score (nSPS) is 19.1. The molecule has 1 N–H and O–H groups in total. The molecule has 4 nitrogen and oxygen atoms in total. The molecule has 1 unspecified atom stereocenters. The van der Waals surface area contributed by atoms with Crippen molar-refractivity contribution in [1.29, 1.82) is 0 Å². The molecule has 0 amide bonds. The van der Waals surface area contributed by atoms with Crippen LogP contribution in [0.3, 0.4) is 0 Å². The van der Waals surface area contributed by atoms with Crippen LogP contribution in [0.5, 0.6) is 0 Å². The zero-order valence-corrected chi connectivity index (χ0v) is 9.17. The van der Waals surface area contributed by atoms with Gasteiger partial charge in [-0.3, -0.25) is 0 Å². The van der Waals surface area contributed by atoms with Crippen LogP contribution in [-0.4, -0.2) is 19.9 Å². The van der Waals surface area contributed by atoms with E-state index in [0.29, 0.717) is 11.6 Å². The monoisotopic (exact) mass is 233 g/mol. The first-order chi connectivity index (χ1) is 8.24. The lowest BCUT2D eigenvalue weighted by Gasteiger charge is -2.16. The van der Waals surface area contributed by atoms with Crippen LogP contribution in [0, 0.1) is 5.82 Å². The summed E-state index contributed by atoms with van der Waals surface area (Å²) in [6.45, 7) is 0.778. The van der Waals surface area contributed by atoms with Gasteiger partial charge in [0.15, 0.2) is 11.6 Å². The van der Waals surface area contributed by atoms with Gasteiger partial charge in [0.2, 0.25) is 0 Å². The minimum absolute atomic E-state index is 0.280. The van der Waals surface area contributed by atoms with E-state index >= 15 is 0 Å². The molecule has 5 heteroatoms. The molecule has 0 radical (unpaired) electrons. The van der Waals surface area contributed by atoms with Crippen molar-refractivity contribution in [3.8, 4) is 11.4 Å². The van der Waals surface area contributed by atoms with Gasteiger partial charge in [-0.2, -0.15) is 5.10 Å². The van der Waals surface area contributed by atoms with Crippen molar-refractivity contribution < 1.29 is 9.50 Å². The van der Waals surface area contributed by atoms with Crippen LogP contribution in [0.15, 0.2) is 24.3 Å². The van der Waals surface area contributed by atoms with Crippen LogP contribution >= 0.6 is 0 Å². The molecule has 0 aliphatic carbocycles. The molecule has 1 aromatic carbocycles. The molecular weight excluding hydrogens is 221 g/mol. The third-order valence-electron chi connectivity index (χ3n) is 2.95. The van der Waals surface area contributed by atoms with E-state index in [1.54, 1.807) is 16.8 Å². The van der Waals surface area contributed by atoms with Crippen LogP contribution in [0.4, 0.5) is 4.39 Å². The first kappa shape index (κ1) is 10.4. The number of aliphatic hydroxyl groups is 1. The van der Waals surface area contributed by atoms with Crippen molar-refractivity contribution in [2.45, 2.75) is 25.5 Å². The largest absolute Gasteiger partial charge is 0.385 e. The highest BCUT2D eigenvalue weighted by Crippen LogP contribution is 2.25. The number of halogens is 1. The number of fused-ring (bicyclic) bond motifs is 1. The maximum Gasteiger partial charge on any atom is 0.181 e. The van der Waals surface area contributed by atoms with Crippen LogP contribution in [-0.2, 0) is 6.54 Å². The predicted molar refractivity (Wildman–Crippen MR) is 59.6 cm³/mol. The minimum Gasteiger partial charge on any atom is -0.385 e. The Morgan fingerprint density at radius 2 is 2.06 bits per heavy atom. The van der Waals surface area contributed by atoms with Crippen LogP contribution < -0.4 is 0 Å². The maximum absolute atomic E-state index is 12.8. The fourth-order valence-corrected chi connectivity index (χ4v) is 2.05. The molecule has 0 fully saturated rings. The number of aromatic nitrogens is 3. The summed E-state index contributed by atoms with van der Waals surface area (Å²) < 4.78 is 14.5. The molecule has 2 aromatic rings. The summed E-state index contributed by atoms with van der Waals surface area (Å²) in [6, 6.07) is 6.05. The van der Waals surface area contributed by atoms with Crippen molar-refractivity contribution >= 4 is 0 Å². The number of rotatable bonds is 1. The summed E-state index contributed by atoms with van der Waals surface area (Å²) in [5.41, 5.74) is 0.764. The Morgan fingerprint density at radius 1 is 1.29 bits per heavy atom. The molecule has 1 aliphatic rings. The van der Waals surface area contributed by atoms with Crippen molar-refractivity contribution in [1.82, 2.24) is 14.8 Å². The molecule has 2 heterocycles. The van der Waals surface area contributed by atoms with E-state index in [2.05, 4.69) is 10.1 Å². The Morgan fingerprint density at radius 3 is 2.76 bits per heavy atom. The lowest BCUT2D eigenvalue weighted by molar-refractivity contribution is 0.130. The standard InChI is InChI=1S/C12H12FN3O/c13-9-5-3-8(4-6-9)11-14-12-10(17)2-1-7-16(12)15-11/h3-6,10,17H,1-2,7H2. The lowest BCUT2D eigenvalue weighted by atomic mass is 10.1. The summed E-state index contributed by atoms with van der Waals surface area (Å²) in [7, 11) is 0. The average Bonchev–Trinajstić information content (AvgIpc) is 2.75. The van der Waals surface area contributed by atoms with E-state index in [-0.39, 0.29) is 5.82 Å². The number of hydrogen-bond donors (Lipinski definition) is 1. The topological polar surface area (TPSA) is 50.9 Å². The van der Waals surface area contributed by atoms with E-state index in [0.717, 1.165) is 24.9 Å². The molecule has 17 heavy (non-hydrogen) atoms. The molecule has 0 spiro atoms. The second-order valence-corrected chi connectivity index (χ2v) is 4.18. The summed E-state index contributed by atoms with van der Waals surface area (Å²) >= 11 is 0. The molecular formula is C12H12FN3O. The van der Waals surface area contributed by atoms with Crippen molar-refractivity contribution in [2.75, 3.05) is 0 Å². The van der Waals surface area contributed by atoms with Gasteiger partial charge in [0.05, 0.1) is 0 Å². The summed E-state index contributed by atoms with van der Waals surface area (Å²) in [5.74, 6) is 0.870. The van der Waals surface area contributed by atoms with Gasteiger partial charge in [0.1, 0.15) is 11.9 Å². The highest BCUT2D eigenvalue weighted by Gasteiger charge is 2.22. The predicted octanol–water partition coefficient (Wildman–Crippen LogP) is 1.91. The highest BCUT2D eigenvalue weighted by molar-refractivity contribution is 5.54. The molecule has 0 saturated heterocycles. The van der Waals surface area contributed by atoms with E-state index in [9.17, 15) is 9.50 Å². The molecule has 1 atom stereocenters. The molecule has 1 aromatic heterocycles. The molecule has 0 saturated carbocycles. The van der Waals surface area contributed by atoms with Crippen LogP contribution in [0.1, 0.15) is 24.8 Å². The van der Waals surface area contributed by atoms with Gasteiger partial charge >= 0.3 is 0 Å². The van der Waals surface area contributed by atoms with Gasteiger partial charge in [-0.25, -0.2) is 14.1 Å². The second kappa shape index (κ2) is 3.92. The van der Waals surface area contributed by atoms with Gasteiger partial charge < -0.3 is 5.11 Å². The molecule has 88 valence electrons. The maximum atomic E-state index is 12.8. The molecule has 3 rings (SSSR count). The number of hydrogen-bond acceptors (Lipinski definition) is 3. The summed E-state index contributed by atoms with van der Waals surface area (Å²) in [5, 5.41) is 14.1. The Labute approximate surface area is 97.7 Å². The number of aryl methyl sites for hydroxylation is 1. The summed E-state index contributed by atoms with van der Waals surface area (Å²) in [4.78, 5) is 4.31. The Bertz CT molecular complexity index is 535. The second-order valence-electron chi connectivity index (χ2n) is 4.18. The van der Waals surface area contributed by atoms with Gasteiger partial charge in [-0.05, 0) is 37.1 Å². The Balaban J connectivity index is 2.02. The fourth-order valence-electron chi connectivity index (χ4n) is 2.05. The van der Waals surface area contributed by atoms with Gasteiger partial charge in [-0.1, -0.05) is 0 Å². The van der Waals surface area contributed by atoms with Crippen molar-refractivity contribution in [2.24, 2.45) is 0 Å². The van der Waals surface area contributed by atoms with Gasteiger partial charge in [-0.15, -0.1) is 0 Å². The zero-order valence-electron chi connectivity index (χ0n) is 9.17. The van der Waals surface area contributed by atoms with Gasteiger partial charge in [0.25, 0.3) is 0 Å². The number of benzene rings is 1. The van der Waals surface area contributed by atoms with Gasteiger partial charge in [0, 0.05) is 12.1 Å². The number of aliphatic hydroxyl groups excluding tert-OH is 1. The Kier molecular flexibility index (Phi) is 2.40. The highest BCUT2D eigenvalue weighted by atomic mass is 19.1. The molecule has 0 bridgehead atoms. The number of nitrogens with zero attached hydrogens (tertiary/aromatic N) is 3. The van der Waals surface area contributed by atoms with Crippen molar-refractivity contribution in [3.63, 3.8) is 0 Å².